The molecule has 5 nitrogen and oxygen atoms in total. The van der Waals surface area contributed by atoms with Crippen LogP contribution in [0.2, 0.25) is 0 Å². The molecule has 9 atom stereocenters. The van der Waals surface area contributed by atoms with Crippen LogP contribution < -0.4 is 0 Å². The molecule has 0 heterocycles. The highest BCUT2D eigenvalue weighted by Gasteiger charge is 2.60. The molecule has 212 valence electrons. The highest BCUT2D eigenvalue weighted by Crippen LogP contribution is 2.68. The van der Waals surface area contributed by atoms with Crippen LogP contribution in [0.4, 0.5) is 0 Å². The molecule has 0 aliphatic heterocycles. The van der Waals surface area contributed by atoms with E-state index < -0.39 is 10.1 Å². The molecule has 4 saturated carbocycles. The molecule has 1 aromatic rings. The van der Waals surface area contributed by atoms with Gasteiger partial charge < -0.3 is 4.74 Å². The van der Waals surface area contributed by atoms with Gasteiger partial charge in [-0.2, -0.15) is 8.42 Å². The smallest absolute Gasteiger partial charge is 0.306 e. The predicted octanol–water partition coefficient (Wildman–Crippen LogP) is 7.15. The Balaban J connectivity index is 1.18. The number of carbonyl (C=O) groups is 1. The monoisotopic (exact) mass is 544 g/mol. The van der Waals surface area contributed by atoms with Gasteiger partial charge in [0.15, 0.2) is 0 Å². The third kappa shape index (κ3) is 5.59. The summed E-state index contributed by atoms with van der Waals surface area (Å²) in [6, 6.07) is 9.91. The Hall–Kier alpha value is -1.40. The van der Waals surface area contributed by atoms with Crippen molar-refractivity contribution < 1.29 is 22.1 Å². The summed E-state index contributed by atoms with van der Waals surface area (Å²) in [5.74, 6) is 4.02. The maximum Gasteiger partial charge on any atom is 0.306 e. The van der Waals surface area contributed by atoms with Crippen LogP contribution in [0.3, 0.4) is 0 Å². The molecule has 1 aromatic carbocycles. The SMILES string of the molecule is C[C@H](CCC(=O)OCc1ccccc1)[C@H]1CC[C@H]2[C@@H]3CC[C@@H]4C[C@H](OS(C)(=O)=O)CC[C@]4(C)[C@H]3CC[C@]12C. The van der Waals surface area contributed by atoms with Gasteiger partial charge in [-0.05, 0) is 116 Å². The summed E-state index contributed by atoms with van der Waals surface area (Å²) in [5.41, 5.74) is 1.72. The summed E-state index contributed by atoms with van der Waals surface area (Å²) in [6.07, 6.45) is 13.0. The Bertz CT molecular complexity index is 1090. The van der Waals surface area contributed by atoms with E-state index in [1.165, 1.54) is 44.8 Å². The molecule has 0 unspecified atom stereocenters. The molecule has 0 saturated heterocycles. The van der Waals surface area contributed by atoms with E-state index >= 15 is 0 Å². The first kappa shape index (κ1) is 28.1. The Labute approximate surface area is 230 Å². The van der Waals surface area contributed by atoms with Gasteiger partial charge in [-0.25, -0.2) is 0 Å². The highest BCUT2D eigenvalue weighted by atomic mass is 32.2. The third-order valence-electron chi connectivity index (χ3n) is 11.7. The van der Waals surface area contributed by atoms with E-state index in [1.807, 2.05) is 30.3 Å². The van der Waals surface area contributed by atoms with Crippen LogP contribution in [0.5, 0.6) is 0 Å². The summed E-state index contributed by atoms with van der Waals surface area (Å²) in [4.78, 5) is 12.5. The van der Waals surface area contributed by atoms with Gasteiger partial charge in [-0.15, -0.1) is 0 Å². The molecule has 0 bridgehead atoms. The molecule has 0 aromatic heterocycles. The number of hydrogen-bond donors (Lipinski definition) is 0. The molecular weight excluding hydrogens is 496 g/mol. The van der Waals surface area contributed by atoms with E-state index in [2.05, 4.69) is 20.8 Å². The first-order valence-corrected chi connectivity index (χ1v) is 16.9. The van der Waals surface area contributed by atoms with E-state index in [0.717, 1.165) is 49.0 Å². The summed E-state index contributed by atoms with van der Waals surface area (Å²) in [6.45, 7) is 7.82. The molecule has 38 heavy (non-hydrogen) atoms. The molecule has 0 radical (unpaired) electrons. The first-order chi connectivity index (χ1) is 18.0. The topological polar surface area (TPSA) is 69.7 Å². The second-order valence-electron chi connectivity index (χ2n) is 13.7. The molecule has 0 amide bonds. The summed E-state index contributed by atoms with van der Waals surface area (Å²) < 4.78 is 34.5. The van der Waals surface area contributed by atoms with Crippen LogP contribution in [0.15, 0.2) is 30.3 Å². The fraction of sp³-hybridized carbons (Fsp3) is 0.781. The molecule has 4 aliphatic rings. The lowest BCUT2D eigenvalue weighted by atomic mass is 9.44. The van der Waals surface area contributed by atoms with Gasteiger partial charge in [-0.3, -0.25) is 8.98 Å². The Morgan fingerprint density at radius 2 is 1.68 bits per heavy atom. The Morgan fingerprint density at radius 1 is 0.974 bits per heavy atom. The average Bonchev–Trinajstić information content (AvgIpc) is 3.23. The Morgan fingerprint density at radius 3 is 2.42 bits per heavy atom. The van der Waals surface area contributed by atoms with Crippen LogP contribution in [-0.2, 0) is 30.4 Å². The fourth-order valence-electron chi connectivity index (χ4n) is 9.89. The lowest BCUT2D eigenvalue weighted by molar-refractivity contribution is -0.145. The second kappa shape index (κ2) is 10.9. The lowest BCUT2D eigenvalue weighted by Crippen LogP contribution is -2.54. The van der Waals surface area contributed by atoms with Crippen LogP contribution in [-0.4, -0.2) is 26.7 Å². The zero-order valence-electron chi connectivity index (χ0n) is 23.9. The van der Waals surface area contributed by atoms with Crippen molar-refractivity contribution in [1.82, 2.24) is 0 Å². The van der Waals surface area contributed by atoms with E-state index in [-0.39, 0.29) is 12.1 Å². The van der Waals surface area contributed by atoms with Gasteiger partial charge >= 0.3 is 5.97 Å². The van der Waals surface area contributed by atoms with E-state index in [1.54, 1.807) is 0 Å². The lowest BCUT2D eigenvalue weighted by Gasteiger charge is -2.61. The second-order valence-corrected chi connectivity index (χ2v) is 15.3. The Kier molecular flexibility index (Phi) is 8.05. The van der Waals surface area contributed by atoms with Crippen molar-refractivity contribution in [2.45, 2.75) is 104 Å². The van der Waals surface area contributed by atoms with Crippen LogP contribution >= 0.6 is 0 Å². The van der Waals surface area contributed by atoms with Gasteiger partial charge in [0.25, 0.3) is 10.1 Å². The number of benzene rings is 1. The van der Waals surface area contributed by atoms with Crippen molar-refractivity contribution in [3.8, 4) is 0 Å². The summed E-state index contributed by atoms with van der Waals surface area (Å²) >= 11 is 0. The number of ether oxygens (including phenoxy) is 1. The van der Waals surface area contributed by atoms with Crippen molar-refractivity contribution >= 4 is 16.1 Å². The van der Waals surface area contributed by atoms with Crippen LogP contribution in [0.25, 0.3) is 0 Å². The fourth-order valence-corrected chi connectivity index (χ4v) is 10.6. The van der Waals surface area contributed by atoms with E-state index in [9.17, 15) is 13.2 Å². The number of esters is 1. The van der Waals surface area contributed by atoms with E-state index in [4.69, 9.17) is 8.92 Å². The normalized spacial score (nSPS) is 39.5. The highest BCUT2D eigenvalue weighted by molar-refractivity contribution is 7.86. The maximum absolute atomic E-state index is 12.5. The zero-order valence-corrected chi connectivity index (χ0v) is 24.7. The number of rotatable bonds is 8. The van der Waals surface area contributed by atoms with Gasteiger partial charge in [0.1, 0.15) is 6.61 Å². The van der Waals surface area contributed by atoms with Crippen molar-refractivity contribution in [3.05, 3.63) is 35.9 Å². The third-order valence-corrected chi connectivity index (χ3v) is 12.4. The standard InChI is InChI=1S/C32H48O5S/c1-22(10-15-30(33)36-21-23-8-6-5-7-9-23)27-13-14-28-26-12-11-24-20-25(37-38(4,34)35)16-18-31(24,2)29(26)17-19-32(27,28)3/h5-9,22,24-29H,10-21H2,1-4H3/t22-,24-,25-,26+,27-,28+,29+,31+,32-/m1/s1. The summed E-state index contributed by atoms with van der Waals surface area (Å²) in [5, 5.41) is 0. The van der Waals surface area contributed by atoms with Crippen molar-refractivity contribution in [3.63, 3.8) is 0 Å². The van der Waals surface area contributed by atoms with Crippen LogP contribution in [0, 0.1) is 46.3 Å². The zero-order chi connectivity index (χ0) is 27.1. The predicted molar refractivity (Wildman–Crippen MR) is 150 cm³/mol. The van der Waals surface area contributed by atoms with Gasteiger partial charge in [-0.1, -0.05) is 51.1 Å². The van der Waals surface area contributed by atoms with Crippen LogP contribution in [0.1, 0.15) is 97.0 Å². The van der Waals surface area contributed by atoms with Gasteiger partial charge in [0.05, 0.1) is 12.4 Å². The molecular formula is C32H48O5S. The molecule has 5 rings (SSSR count). The van der Waals surface area contributed by atoms with Crippen molar-refractivity contribution in [2.24, 2.45) is 46.3 Å². The molecule has 4 aliphatic carbocycles. The number of carbonyl (C=O) groups excluding carboxylic acids is 1. The number of hydrogen-bond acceptors (Lipinski definition) is 5. The van der Waals surface area contributed by atoms with E-state index in [0.29, 0.717) is 41.6 Å². The minimum absolute atomic E-state index is 0.0780. The quantitative estimate of drug-likeness (QED) is 0.257. The largest absolute Gasteiger partial charge is 0.461 e. The average molecular weight is 545 g/mol. The van der Waals surface area contributed by atoms with Crippen molar-refractivity contribution in [2.75, 3.05) is 6.26 Å². The van der Waals surface area contributed by atoms with Crippen molar-refractivity contribution in [1.29, 1.82) is 0 Å². The summed E-state index contributed by atoms with van der Waals surface area (Å²) in [7, 11) is -3.39. The molecule has 4 fully saturated rings. The molecule has 0 N–H and O–H groups in total. The maximum atomic E-state index is 12.5. The molecule has 6 heteroatoms. The van der Waals surface area contributed by atoms with Gasteiger partial charge in [0.2, 0.25) is 0 Å². The van der Waals surface area contributed by atoms with Gasteiger partial charge in [0, 0.05) is 6.42 Å². The molecule has 0 spiro atoms. The first-order valence-electron chi connectivity index (χ1n) is 15.1. The number of fused-ring (bicyclic) bond motifs is 5. The minimum Gasteiger partial charge on any atom is -0.461 e. The minimum atomic E-state index is -3.39.